The summed E-state index contributed by atoms with van der Waals surface area (Å²) in [5, 5.41) is 6.85. The zero-order chi connectivity index (χ0) is 12.8. The van der Waals surface area contributed by atoms with E-state index in [9.17, 15) is 0 Å². The fourth-order valence-electron chi connectivity index (χ4n) is 1.55. The van der Waals surface area contributed by atoms with Gasteiger partial charge in [0.05, 0.1) is 6.61 Å². The Labute approximate surface area is 106 Å². The van der Waals surface area contributed by atoms with Crippen LogP contribution in [0.15, 0.2) is 24.3 Å². The first kappa shape index (κ1) is 12.6. The van der Waals surface area contributed by atoms with E-state index in [0.717, 1.165) is 12.0 Å². The summed E-state index contributed by atoms with van der Waals surface area (Å²) >= 11 is 0. The SMILES string of the molecule is CCc1ccc(-c2nc(OCCOC)n[nH]2)cc1. The highest BCUT2D eigenvalue weighted by molar-refractivity contribution is 5.55. The molecule has 1 heterocycles. The predicted octanol–water partition coefficient (Wildman–Crippen LogP) is 2.06. The molecule has 1 aromatic carbocycles. The molecule has 0 aliphatic carbocycles. The van der Waals surface area contributed by atoms with Crippen LogP contribution in [0.3, 0.4) is 0 Å². The van der Waals surface area contributed by atoms with Crippen LogP contribution in [0.2, 0.25) is 0 Å². The normalized spacial score (nSPS) is 10.6. The minimum atomic E-state index is 0.349. The van der Waals surface area contributed by atoms with E-state index in [1.54, 1.807) is 7.11 Å². The molecule has 0 aliphatic rings. The van der Waals surface area contributed by atoms with Gasteiger partial charge in [0.25, 0.3) is 0 Å². The van der Waals surface area contributed by atoms with Gasteiger partial charge in [0.2, 0.25) is 0 Å². The number of hydrogen-bond donors (Lipinski definition) is 1. The summed E-state index contributed by atoms with van der Waals surface area (Å²) in [5.41, 5.74) is 2.30. The highest BCUT2D eigenvalue weighted by atomic mass is 16.5. The van der Waals surface area contributed by atoms with Gasteiger partial charge in [-0.1, -0.05) is 31.2 Å². The number of ether oxygens (including phenoxy) is 2. The van der Waals surface area contributed by atoms with Crippen LogP contribution in [-0.4, -0.2) is 35.5 Å². The first-order valence-electron chi connectivity index (χ1n) is 5.97. The van der Waals surface area contributed by atoms with Gasteiger partial charge in [-0.05, 0) is 12.0 Å². The van der Waals surface area contributed by atoms with Crippen LogP contribution in [0.25, 0.3) is 11.4 Å². The van der Waals surface area contributed by atoms with E-state index in [0.29, 0.717) is 25.0 Å². The van der Waals surface area contributed by atoms with Gasteiger partial charge in [-0.15, -0.1) is 5.10 Å². The number of methoxy groups -OCH3 is 1. The Hall–Kier alpha value is -1.88. The zero-order valence-electron chi connectivity index (χ0n) is 10.6. The molecule has 2 aromatic rings. The molecule has 1 N–H and O–H groups in total. The lowest BCUT2D eigenvalue weighted by atomic mass is 10.1. The molecule has 0 amide bonds. The number of rotatable bonds is 6. The molecule has 2 rings (SSSR count). The molecule has 0 saturated carbocycles. The molecule has 0 atom stereocenters. The molecule has 0 aliphatic heterocycles. The molecule has 5 heteroatoms. The average Bonchev–Trinajstić information content (AvgIpc) is 2.88. The van der Waals surface area contributed by atoms with E-state index < -0.39 is 0 Å². The van der Waals surface area contributed by atoms with Gasteiger partial charge in [0.1, 0.15) is 6.61 Å². The summed E-state index contributed by atoms with van der Waals surface area (Å²) in [6, 6.07) is 8.57. The van der Waals surface area contributed by atoms with Crippen molar-refractivity contribution >= 4 is 0 Å². The molecule has 0 bridgehead atoms. The number of benzene rings is 1. The van der Waals surface area contributed by atoms with E-state index in [1.807, 2.05) is 12.1 Å². The van der Waals surface area contributed by atoms with E-state index >= 15 is 0 Å². The molecule has 0 fully saturated rings. The molecule has 96 valence electrons. The molecule has 5 nitrogen and oxygen atoms in total. The maximum Gasteiger partial charge on any atom is 0.335 e. The Morgan fingerprint density at radius 3 is 2.61 bits per heavy atom. The molecule has 18 heavy (non-hydrogen) atoms. The lowest BCUT2D eigenvalue weighted by molar-refractivity contribution is 0.141. The van der Waals surface area contributed by atoms with Crippen LogP contribution in [0.5, 0.6) is 6.01 Å². The number of nitrogens with zero attached hydrogens (tertiary/aromatic N) is 2. The second-order valence-electron chi connectivity index (χ2n) is 3.86. The Morgan fingerprint density at radius 2 is 1.94 bits per heavy atom. The number of aryl methyl sites for hydroxylation is 1. The van der Waals surface area contributed by atoms with Crippen molar-refractivity contribution in [3.8, 4) is 17.4 Å². The van der Waals surface area contributed by atoms with Crippen molar-refractivity contribution in [2.75, 3.05) is 20.3 Å². The Balaban J connectivity index is 2.04. The van der Waals surface area contributed by atoms with Gasteiger partial charge in [-0.25, -0.2) is 0 Å². The smallest absolute Gasteiger partial charge is 0.335 e. The van der Waals surface area contributed by atoms with E-state index in [4.69, 9.17) is 9.47 Å². The summed E-state index contributed by atoms with van der Waals surface area (Å²) in [5.74, 6) is 0.713. The average molecular weight is 247 g/mol. The van der Waals surface area contributed by atoms with E-state index in [-0.39, 0.29) is 0 Å². The van der Waals surface area contributed by atoms with Gasteiger partial charge in [-0.2, -0.15) is 4.98 Å². The number of aromatic amines is 1. The highest BCUT2D eigenvalue weighted by Crippen LogP contribution is 2.17. The van der Waals surface area contributed by atoms with Gasteiger partial charge in [0.15, 0.2) is 5.82 Å². The number of nitrogens with one attached hydrogen (secondary N) is 1. The minimum Gasteiger partial charge on any atom is -0.460 e. The number of aromatic nitrogens is 3. The largest absolute Gasteiger partial charge is 0.460 e. The van der Waals surface area contributed by atoms with E-state index in [2.05, 4.69) is 34.2 Å². The van der Waals surface area contributed by atoms with Crippen molar-refractivity contribution in [3.05, 3.63) is 29.8 Å². The molecular formula is C13H17N3O2. The highest BCUT2D eigenvalue weighted by Gasteiger charge is 2.06. The van der Waals surface area contributed by atoms with Crippen molar-refractivity contribution in [2.24, 2.45) is 0 Å². The second-order valence-corrected chi connectivity index (χ2v) is 3.86. The minimum absolute atomic E-state index is 0.349. The fourth-order valence-corrected chi connectivity index (χ4v) is 1.55. The lowest BCUT2D eigenvalue weighted by Gasteiger charge is -1.99. The number of hydrogen-bond acceptors (Lipinski definition) is 4. The molecule has 0 unspecified atom stereocenters. The van der Waals surface area contributed by atoms with E-state index in [1.165, 1.54) is 5.56 Å². The van der Waals surface area contributed by atoms with Crippen molar-refractivity contribution < 1.29 is 9.47 Å². The van der Waals surface area contributed by atoms with Crippen molar-refractivity contribution in [1.82, 2.24) is 15.2 Å². The van der Waals surface area contributed by atoms with Crippen LogP contribution in [-0.2, 0) is 11.2 Å². The fraction of sp³-hybridized carbons (Fsp3) is 0.385. The second kappa shape index (κ2) is 6.16. The Bertz CT molecular complexity index is 479. The lowest BCUT2D eigenvalue weighted by Crippen LogP contribution is -2.05. The third-order valence-corrected chi connectivity index (χ3v) is 2.62. The van der Waals surface area contributed by atoms with Gasteiger partial charge in [-0.3, -0.25) is 5.10 Å². The summed E-state index contributed by atoms with van der Waals surface area (Å²) in [6.07, 6.45) is 1.03. The van der Waals surface area contributed by atoms with Crippen LogP contribution in [0.1, 0.15) is 12.5 Å². The van der Waals surface area contributed by atoms with Crippen LogP contribution < -0.4 is 4.74 Å². The summed E-state index contributed by atoms with van der Waals surface area (Å²) in [7, 11) is 1.63. The maximum absolute atomic E-state index is 5.31. The summed E-state index contributed by atoms with van der Waals surface area (Å²) in [4.78, 5) is 4.26. The monoisotopic (exact) mass is 247 g/mol. The molecule has 0 spiro atoms. The standard InChI is InChI=1S/C13H17N3O2/c1-3-10-4-6-11(7-5-10)12-14-13(16-15-12)18-9-8-17-2/h4-7H,3,8-9H2,1-2H3,(H,14,15,16). The first-order chi connectivity index (χ1) is 8.83. The van der Waals surface area contributed by atoms with Crippen molar-refractivity contribution in [1.29, 1.82) is 0 Å². The maximum atomic E-state index is 5.31. The van der Waals surface area contributed by atoms with Crippen molar-refractivity contribution in [3.63, 3.8) is 0 Å². The Kier molecular flexibility index (Phi) is 4.30. The quantitative estimate of drug-likeness (QED) is 0.794. The predicted molar refractivity (Wildman–Crippen MR) is 68.6 cm³/mol. The number of H-pyrrole nitrogens is 1. The summed E-state index contributed by atoms with van der Waals surface area (Å²) < 4.78 is 10.2. The first-order valence-corrected chi connectivity index (χ1v) is 5.97. The molecule has 0 radical (unpaired) electrons. The van der Waals surface area contributed by atoms with Gasteiger partial charge in [0, 0.05) is 12.7 Å². The van der Waals surface area contributed by atoms with Gasteiger partial charge < -0.3 is 9.47 Å². The Morgan fingerprint density at radius 1 is 1.17 bits per heavy atom. The molecule has 0 saturated heterocycles. The van der Waals surface area contributed by atoms with Gasteiger partial charge >= 0.3 is 6.01 Å². The third-order valence-electron chi connectivity index (χ3n) is 2.62. The topological polar surface area (TPSA) is 60.0 Å². The third kappa shape index (κ3) is 3.07. The van der Waals surface area contributed by atoms with Crippen LogP contribution >= 0.6 is 0 Å². The molecular weight excluding hydrogens is 230 g/mol. The van der Waals surface area contributed by atoms with Crippen molar-refractivity contribution in [2.45, 2.75) is 13.3 Å². The molecule has 1 aromatic heterocycles. The van der Waals surface area contributed by atoms with Crippen LogP contribution in [0, 0.1) is 0 Å². The van der Waals surface area contributed by atoms with Crippen LogP contribution in [0.4, 0.5) is 0 Å². The summed E-state index contributed by atoms with van der Waals surface area (Å²) in [6.45, 7) is 3.10. The zero-order valence-corrected chi connectivity index (χ0v) is 10.6.